The smallest absolute Gasteiger partial charge is 0.136 e. The number of halogens is 2. The van der Waals surface area contributed by atoms with Gasteiger partial charge in [0.15, 0.2) is 0 Å². The topological polar surface area (TPSA) is 20.2 Å². The molecular weight excluding hydrogens is 246 g/mol. The summed E-state index contributed by atoms with van der Waals surface area (Å²) in [6, 6.07) is 4.67. The third-order valence-electron chi connectivity index (χ3n) is 1.17. The second-order valence-corrected chi connectivity index (χ2v) is 3.07. The van der Waals surface area contributed by atoms with Gasteiger partial charge in [-0.15, -0.1) is 0 Å². The SMILES string of the molecule is OCc1ccc(I)c(F)c1. The van der Waals surface area contributed by atoms with Gasteiger partial charge in [0.1, 0.15) is 5.82 Å². The van der Waals surface area contributed by atoms with Crippen molar-refractivity contribution in [3.05, 3.63) is 33.1 Å². The fraction of sp³-hybridized carbons (Fsp3) is 0.143. The number of benzene rings is 1. The summed E-state index contributed by atoms with van der Waals surface area (Å²) < 4.78 is 13.2. The van der Waals surface area contributed by atoms with Crippen LogP contribution in [0.4, 0.5) is 4.39 Å². The summed E-state index contributed by atoms with van der Waals surface area (Å²) in [7, 11) is 0. The average molecular weight is 252 g/mol. The number of hydrogen-bond donors (Lipinski definition) is 1. The van der Waals surface area contributed by atoms with Gasteiger partial charge in [-0.25, -0.2) is 4.39 Å². The summed E-state index contributed by atoms with van der Waals surface area (Å²) in [6.45, 7) is -0.103. The van der Waals surface area contributed by atoms with E-state index in [2.05, 4.69) is 0 Å². The summed E-state index contributed by atoms with van der Waals surface area (Å²) in [5, 5.41) is 8.58. The first-order chi connectivity index (χ1) is 4.74. The van der Waals surface area contributed by atoms with Gasteiger partial charge in [0.05, 0.1) is 6.61 Å². The van der Waals surface area contributed by atoms with Gasteiger partial charge in [0.25, 0.3) is 0 Å². The van der Waals surface area contributed by atoms with Crippen molar-refractivity contribution in [2.24, 2.45) is 0 Å². The standard InChI is InChI=1S/C7H6FIO/c8-6-3-5(4-10)1-2-7(6)9/h1-3,10H,4H2. The van der Waals surface area contributed by atoms with Crippen LogP contribution >= 0.6 is 22.6 Å². The van der Waals surface area contributed by atoms with Crippen LogP contribution in [0.1, 0.15) is 5.56 Å². The summed E-state index contributed by atoms with van der Waals surface area (Å²) in [6.07, 6.45) is 0. The number of rotatable bonds is 1. The van der Waals surface area contributed by atoms with Crippen molar-refractivity contribution < 1.29 is 9.50 Å². The molecule has 1 aromatic rings. The lowest BCUT2D eigenvalue weighted by atomic mass is 10.2. The molecule has 0 fully saturated rings. The van der Waals surface area contributed by atoms with Crippen LogP contribution in [0.25, 0.3) is 0 Å². The first-order valence-corrected chi connectivity index (χ1v) is 3.86. The van der Waals surface area contributed by atoms with Crippen LogP contribution in [0.15, 0.2) is 18.2 Å². The lowest BCUT2D eigenvalue weighted by molar-refractivity contribution is 0.281. The van der Waals surface area contributed by atoms with E-state index in [9.17, 15) is 4.39 Å². The van der Waals surface area contributed by atoms with Crippen LogP contribution in [-0.4, -0.2) is 5.11 Å². The first-order valence-electron chi connectivity index (χ1n) is 2.79. The lowest BCUT2D eigenvalue weighted by Gasteiger charge is -1.96. The normalized spacial score (nSPS) is 9.90. The fourth-order valence-corrected chi connectivity index (χ4v) is 0.973. The van der Waals surface area contributed by atoms with Gasteiger partial charge >= 0.3 is 0 Å². The Morgan fingerprint density at radius 3 is 2.70 bits per heavy atom. The molecule has 0 bridgehead atoms. The molecule has 1 nitrogen and oxygen atoms in total. The zero-order chi connectivity index (χ0) is 7.56. The molecule has 0 aliphatic carbocycles. The highest BCUT2D eigenvalue weighted by Gasteiger charge is 1.97. The molecule has 1 aromatic carbocycles. The Labute approximate surface area is 72.0 Å². The van der Waals surface area contributed by atoms with E-state index in [0.717, 1.165) is 0 Å². The number of aliphatic hydroxyl groups excluding tert-OH is 1. The average Bonchev–Trinajstić information content (AvgIpc) is 1.95. The van der Waals surface area contributed by atoms with E-state index in [1.54, 1.807) is 12.1 Å². The maximum absolute atomic E-state index is 12.6. The molecule has 0 unspecified atom stereocenters. The van der Waals surface area contributed by atoms with Crippen molar-refractivity contribution in [2.45, 2.75) is 6.61 Å². The van der Waals surface area contributed by atoms with E-state index in [4.69, 9.17) is 5.11 Å². The molecule has 0 atom stereocenters. The van der Waals surface area contributed by atoms with Crippen LogP contribution in [0.2, 0.25) is 0 Å². The Morgan fingerprint density at radius 2 is 2.20 bits per heavy atom. The molecule has 1 N–H and O–H groups in total. The van der Waals surface area contributed by atoms with E-state index in [1.807, 2.05) is 22.6 Å². The van der Waals surface area contributed by atoms with Crippen molar-refractivity contribution >= 4 is 22.6 Å². The van der Waals surface area contributed by atoms with Crippen LogP contribution in [0.5, 0.6) is 0 Å². The Hall–Kier alpha value is -0.160. The van der Waals surface area contributed by atoms with Gasteiger partial charge in [0.2, 0.25) is 0 Å². The van der Waals surface area contributed by atoms with Gasteiger partial charge < -0.3 is 5.11 Å². The molecule has 0 radical (unpaired) electrons. The third-order valence-corrected chi connectivity index (χ3v) is 2.04. The van der Waals surface area contributed by atoms with E-state index < -0.39 is 0 Å². The Bertz CT molecular complexity index is 237. The van der Waals surface area contributed by atoms with Crippen molar-refractivity contribution in [3.63, 3.8) is 0 Å². The molecule has 0 heterocycles. The Morgan fingerprint density at radius 1 is 1.50 bits per heavy atom. The van der Waals surface area contributed by atoms with Crippen LogP contribution in [-0.2, 0) is 6.61 Å². The van der Waals surface area contributed by atoms with E-state index in [0.29, 0.717) is 9.13 Å². The molecule has 1 rings (SSSR count). The van der Waals surface area contributed by atoms with Crippen molar-refractivity contribution in [1.29, 1.82) is 0 Å². The first kappa shape index (κ1) is 7.94. The van der Waals surface area contributed by atoms with Gasteiger partial charge in [-0.3, -0.25) is 0 Å². The van der Waals surface area contributed by atoms with Gasteiger partial charge in [0, 0.05) is 3.57 Å². The van der Waals surface area contributed by atoms with Gasteiger partial charge in [-0.1, -0.05) is 6.07 Å². The van der Waals surface area contributed by atoms with Crippen LogP contribution in [0.3, 0.4) is 0 Å². The minimum atomic E-state index is -0.271. The molecule has 0 aliphatic heterocycles. The lowest BCUT2D eigenvalue weighted by Crippen LogP contribution is -1.86. The zero-order valence-corrected chi connectivity index (χ0v) is 7.30. The summed E-state index contributed by atoms with van der Waals surface area (Å²) in [4.78, 5) is 0. The minimum Gasteiger partial charge on any atom is -0.392 e. The van der Waals surface area contributed by atoms with Crippen LogP contribution < -0.4 is 0 Å². The Kier molecular flexibility index (Phi) is 2.62. The summed E-state index contributed by atoms with van der Waals surface area (Å²) in [5.41, 5.74) is 0.609. The van der Waals surface area contributed by atoms with E-state index in [-0.39, 0.29) is 12.4 Å². The molecule has 0 saturated heterocycles. The summed E-state index contributed by atoms with van der Waals surface area (Å²) in [5.74, 6) is -0.271. The maximum Gasteiger partial charge on any atom is 0.136 e. The van der Waals surface area contributed by atoms with Crippen LogP contribution in [0, 0.1) is 9.39 Å². The van der Waals surface area contributed by atoms with Gasteiger partial charge in [-0.05, 0) is 40.3 Å². The Balaban J connectivity index is 3.04. The molecule has 0 amide bonds. The molecule has 10 heavy (non-hydrogen) atoms. The predicted octanol–water partition coefficient (Wildman–Crippen LogP) is 1.92. The fourth-order valence-electron chi connectivity index (χ4n) is 0.638. The maximum atomic E-state index is 12.6. The van der Waals surface area contributed by atoms with Crippen molar-refractivity contribution in [3.8, 4) is 0 Å². The molecule has 54 valence electrons. The highest BCUT2D eigenvalue weighted by molar-refractivity contribution is 14.1. The molecule has 0 aromatic heterocycles. The quantitative estimate of drug-likeness (QED) is 0.757. The summed E-state index contributed by atoms with van der Waals surface area (Å²) >= 11 is 1.90. The molecular formula is C7H6FIO. The third kappa shape index (κ3) is 1.67. The molecule has 0 saturated carbocycles. The van der Waals surface area contributed by atoms with E-state index in [1.165, 1.54) is 6.07 Å². The molecule has 0 spiro atoms. The monoisotopic (exact) mass is 252 g/mol. The minimum absolute atomic E-state index is 0.103. The molecule has 3 heteroatoms. The highest BCUT2D eigenvalue weighted by atomic mass is 127. The number of aliphatic hydroxyl groups is 1. The largest absolute Gasteiger partial charge is 0.392 e. The highest BCUT2D eigenvalue weighted by Crippen LogP contribution is 2.11. The van der Waals surface area contributed by atoms with Crippen molar-refractivity contribution in [2.75, 3.05) is 0 Å². The second kappa shape index (κ2) is 3.30. The zero-order valence-electron chi connectivity index (χ0n) is 5.14. The molecule has 0 aliphatic rings. The van der Waals surface area contributed by atoms with Crippen molar-refractivity contribution in [1.82, 2.24) is 0 Å². The van der Waals surface area contributed by atoms with E-state index >= 15 is 0 Å². The van der Waals surface area contributed by atoms with Gasteiger partial charge in [-0.2, -0.15) is 0 Å². The predicted molar refractivity (Wildman–Crippen MR) is 45.0 cm³/mol. The second-order valence-electron chi connectivity index (χ2n) is 1.91. The number of hydrogen-bond acceptors (Lipinski definition) is 1.